The number of carbonyl (C=O) groups excluding carboxylic acids is 1. The Hall–Kier alpha value is -0.0900. The number of amides is 1. The summed E-state index contributed by atoms with van der Waals surface area (Å²) in [5.41, 5.74) is -0.125. The maximum atomic E-state index is 12.6. The minimum Gasteiger partial charge on any atom is -0.379 e. The highest BCUT2D eigenvalue weighted by molar-refractivity contribution is 9.09. The molecule has 0 bridgehead atoms. The van der Waals surface area contributed by atoms with E-state index in [2.05, 4.69) is 36.7 Å². The first-order valence-corrected chi connectivity index (χ1v) is 8.08. The van der Waals surface area contributed by atoms with Crippen LogP contribution in [0.1, 0.15) is 46.5 Å². The Morgan fingerprint density at radius 2 is 1.94 bits per heavy atom. The van der Waals surface area contributed by atoms with Gasteiger partial charge in [0.05, 0.1) is 13.2 Å². The van der Waals surface area contributed by atoms with Crippen LogP contribution in [0.3, 0.4) is 0 Å². The highest BCUT2D eigenvalue weighted by Gasteiger charge is 2.39. The third-order valence-corrected chi connectivity index (χ3v) is 4.13. The number of hydrogen-bond donors (Lipinski definition) is 0. The Balaban J connectivity index is 2.52. The topological polar surface area (TPSA) is 29.5 Å². The van der Waals surface area contributed by atoms with E-state index in [0.29, 0.717) is 25.7 Å². The molecule has 4 heteroatoms. The molecule has 106 valence electrons. The summed E-state index contributed by atoms with van der Waals surface area (Å²) in [4.78, 5) is 14.6. The van der Waals surface area contributed by atoms with Crippen LogP contribution in [0.25, 0.3) is 0 Å². The van der Waals surface area contributed by atoms with Gasteiger partial charge < -0.3 is 9.64 Å². The highest BCUT2D eigenvalue weighted by Crippen LogP contribution is 2.39. The molecule has 0 aliphatic heterocycles. The van der Waals surface area contributed by atoms with Gasteiger partial charge in [-0.2, -0.15) is 0 Å². The van der Waals surface area contributed by atoms with E-state index in [9.17, 15) is 4.79 Å². The number of rotatable bonds is 7. The smallest absolute Gasteiger partial charge is 0.228 e. The zero-order valence-corrected chi connectivity index (χ0v) is 13.5. The summed E-state index contributed by atoms with van der Waals surface area (Å²) in [5.74, 6) is 0.317. The normalized spacial score (nSPS) is 18.3. The predicted molar refractivity (Wildman–Crippen MR) is 78.0 cm³/mol. The molecule has 0 N–H and O–H groups in total. The third-order valence-electron chi connectivity index (χ3n) is 3.81. The maximum absolute atomic E-state index is 12.6. The Labute approximate surface area is 119 Å². The van der Waals surface area contributed by atoms with E-state index in [1.54, 1.807) is 0 Å². The maximum Gasteiger partial charge on any atom is 0.228 e. The lowest BCUT2D eigenvalue weighted by atomic mass is 9.86. The average Bonchev–Trinajstić information content (AvgIpc) is 2.76. The molecule has 0 aromatic heterocycles. The second-order valence-corrected chi connectivity index (χ2v) is 6.45. The predicted octanol–water partition coefficient (Wildman–Crippen LogP) is 3.22. The highest BCUT2D eigenvalue weighted by atomic mass is 79.9. The van der Waals surface area contributed by atoms with Crippen molar-refractivity contribution in [3.05, 3.63) is 0 Å². The van der Waals surface area contributed by atoms with Gasteiger partial charge in [0.1, 0.15) is 0 Å². The van der Waals surface area contributed by atoms with Gasteiger partial charge in [0.2, 0.25) is 5.91 Å². The lowest BCUT2D eigenvalue weighted by Gasteiger charge is -2.34. The van der Waals surface area contributed by atoms with E-state index in [1.165, 1.54) is 12.8 Å². The Morgan fingerprint density at radius 1 is 1.33 bits per heavy atom. The molecule has 1 aliphatic carbocycles. The van der Waals surface area contributed by atoms with Gasteiger partial charge in [-0.05, 0) is 26.7 Å². The largest absolute Gasteiger partial charge is 0.379 e. The summed E-state index contributed by atoms with van der Waals surface area (Å²) in [6.45, 7) is 8.33. The van der Waals surface area contributed by atoms with Gasteiger partial charge >= 0.3 is 0 Å². The lowest BCUT2D eigenvalue weighted by molar-refractivity contribution is -0.143. The summed E-state index contributed by atoms with van der Waals surface area (Å²) in [5, 5.41) is 0.848. The fourth-order valence-electron chi connectivity index (χ4n) is 2.63. The molecule has 0 atom stereocenters. The van der Waals surface area contributed by atoms with Crippen molar-refractivity contribution in [2.75, 3.05) is 25.1 Å². The van der Waals surface area contributed by atoms with Crippen LogP contribution >= 0.6 is 15.9 Å². The number of halogens is 1. The van der Waals surface area contributed by atoms with Gasteiger partial charge in [0, 0.05) is 23.3 Å². The molecular weight excluding hydrogens is 294 g/mol. The van der Waals surface area contributed by atoms with Gasteiger partial charge in [-0.1, -0.05) is 35.7 Å². The molecule has 18 heavy (non-hydrogen) atoms. The van der Waals surface area contributed by atoms with Gasteiger partial charge in [-0.25, -0.2) is 0 Å². The molecule has 3 nitrogen and oxygen atoms in total. The van der Waals surface area contributed by atoms with Crippen molar-refractivity contribution in [2.45, 2.75) is 52.5 Å². The average molecular weight is 320 g/mol. The monoisotopic (exact) mass is 319 g/mol. The van der Waals surface area contributed by atoms with Crippen LogP contribution in [-0.2, 0) is 9.53 Å². The third kappa shape index (κ3) is 4.23. The first kappa shape index (κ1) is 16.0. The number of hydrogen-bond acceptors (Lipinski definition) is 2. The standard InChI is InChI=1S/C14H26BrNO2/c1-12(2)16(9-11-18-10-8-15)13(17)14(3)6-4-5-7-14/h12H,4-11H2,1-3H3. The lowest BCUT2D eigenvalue weighted by Crippen LogP contribution is -2.46. The van der Waals surface area contributed by atoms with E-state index >= 15 is 0 Å². The number of alkyl halides is 1. The van der Waals surface area contributed by atoms with Gasteiger partial charge in [-0.15, -0.1) is 0 Å². The molecule has 1 aliphatic rings. The van der Waals surface area contributed by atoms with Crippen molar-refractivity contribution >= 4 is 21.8 Å². The Kier molecular flexibility index (Phi) is 6.64. The van der Waals surface area contributed by atoms with Crippen molar-refractivity contribution < 1.29 is 9.53 Å². The molecule has 0 radical (unpaired) electrons. The van der Waals surface area contributed by atoms with E-state index in [4.69, 9.17) is 4.74 Å². The van der Waals surface area contributed by atoms with Crippen molar-refractivity contribution in [3.8, 4) is 0 Å². The number of carbonyl (C=O) groups is 1. The molecule has 0 saturated heterocycles. The summed E-state index contributed by atoms with van der Waals surface area (Å²) in [6.07, 6.45) is 4.46. The van der Waals surface area contributed by atoms with Gasteiger partial charge in [0.25, 0.3) is 0 Å². The number of ether oxygens (including phenoxy) is 1. The summed E-state index contributed by atoms with van der Waals surface area (Å²) in [7, 11) is 0. The molecule has 1 amide bonds. The van der Waals surface area contributed by atoms with Crippen LogP contribution in [0.15, 0.2) is 0 Å². The summed E-state index contributed by atoms with van der Waals surface area (Å²) >= 11 is 3.33. The molecular formula is C14H26BrNO2. The van der Waals surface area contributed by atoms with Crippen molar-refractivity contribution in [2.24, 2.45) is 5.41 Å². The van der Waals surface area contributed by atoms with E-state index in [-0.39, 0.29) is 11.5 Å². The molecule has 1 rings (SSSR count). The Bertz CT molecular complexity index is 263. The number of nitrogens with zero attached hydrogens (tertiary/aromatic N) is 1. The second kappa shape index (κ2) is 7.49. The fourth-order valence-corrected chi connectivity index (χ4v) is 2.86. The summed E-state index contributed by atoms with van der Waals surface area (Å²) < 4.78 is 5.47. The second-order valence-electron chi connectivity index (χ2n) is 5.66. The zero-order chi connectivity index (χ0) is 13.6. The van der Waals surface area contributed by atoms with E-state index < -0.39 is 0 Å². The van der Waals surface area contributed by atoms with Crippen molar-refractivity contribution in [1.82, 2.24) is 4.90 Å². The molecule has 0 aromatic carbocycles. The molecule has 1 fully saturated rings. The minimum atomic E-state index is -0.125. The minimum absolute atomic E-state index is 0.125. The molecule has 0 spiro atoms. The first-order chi connectivity index (χ1) is 8.51. The molecule has 0 aromatic rings. The summed E-state index contributed by atoms with van der Waals surface area (Å²) in [6, 6.07) is 0.252. The fraction of sp³-hybridized carbons (Fsp3) is 0.929. The van der Waals surface area contributed by atoms with Crippen LogP contribution in [0, 0.1) is 5.41 Å². The van der Waals surface area contributed by atoms with E-state index in [0.717, 1.165) is 18.2 Å². The zero-order valence-electron chi connectivity index (χ0n) is 11.9. The molecule has 0 unspecified atom stereocenters. The molecule has 0 heterocycles. The van der Waals surface area contributed by atoms with E-state index in [1.807, 2.05) is 4.90 Å². The van der Waals surface area contributed by atoms with Gasteiger partial charge in [0.15, 0.2) is 0 Å². The quantitative estimate of drug-likeness (QED) is 0.532. The van der Waals surface area contributed by atoms with Crippen LogP contribution < -0.4 is 0 Å². The van der Waals surface area contributed by atoms with Crippen molar-refractivity contribution in [1.29, 1.82) is 0 Å². The first-order valence-electron chi connectivity index (χ1n) is 6.96. The Morgan fingerprint density at radius 3 is 2.44 bits per heavy atom. The van der Waals surface area contributed by atoms with Crippen LogP contribution in [0.5, 0.6) is 0 Å². The SMILES string of the molecule is CC(C)N(CCOCCBr)C(=O)C1(C)CCCC1. The van der Waals surface area contributed by atoms with Crippen LogP contribution in [-0.4, -0.2) is 41.9 Å². The van der Waals surface area contributed by atoms with Crippen molar-refractivity contribution in [3.63, 3.8) is 0 Å². The van der Waals surface area contributed by atoms with Crippen LogP contribution in [0.4, 0.5) is 0 Å². The molecule has 1 saturated carbocycles. The van der Waals surface area contributed by atoms with Crippen LogP contribution in [0.2, 0.25) is 0 Å². The van der Waals surface area contributed by atoms with Gasteiger partial charge in [-0.3, -0.25) is 4.79 Å².